The highest BCUT2D eigenvalue weighted by Gasteiger charge is 2.07. The van der Waals surface area contributed by atoms with Crippen LogP contribution in [0, 0.1) is 0 Å². The summed E-state index contributed by atoms with van der Waals surface area (Å²) in [6.07, 6.45) is 2.72. The van der Waals surface area contributed by atoms with Crippen molar-refractivity contribution in [1.82, 2.24) is 9.80 Å². The van der Waals surface area contributed by atoms with Crippen LogP contribution in [0.3, 0.4) is 0 Å². The fraction of sp³-hybridized carbons (Fsp3) is 0.700. The number of hydrogen-bond acceptors (Lipinski definition) is 3. The van der Waals surface area contributed by atoms with E-state index in [0.29, 0.717) is 6.54 Å². The summed E-state index contributed by atoms with van der Waals surface area (Å²) in [5.74, 6) is -0.781. The summed E-state index contributed by atoms with van der Waals surface area (Å²) < 4.78 is 0. The number of carbonyl (C=O) groups is 1. The van der Waals surface area contributed by atoms with Crippen molar-refractivity contribution in [3.05, 3.63) is 12.7 Å². The van der Waals surface area contributed by atoms with Crippen molar-refractivity contribution in [2.75, 3.05) is 40.3 Å². The van der Waals surface area contributed by atoms with E-state index in [2.05, 4.69) is 11.5 Å². The minimum Gasteiger partial charge on any atom is -0.480 e. The van der Waals surface area contributed by atoms with E-state index in [-0.39, 0.29) is 6.54 Å². The Morgan fingerprint density at radius 2 is 2.07 bits per heavy atom. The number of rotatable bonds is 8. The second-order valence-corrected chi connectivity index (χ2v) is 3.57. The first-order valence-corrected chi connectivity index (χ1v) is 4.76. The van der Waals surface area contributed by atoms with Gasteiger partial charge in [-0.3, -0.25) is 9.69 Å². The van der Waals surface area contributed by atoms with Crippen molar-refractivity contribution >= 4 is 5.97 Å². The summed E-state index contributed by atoms with van der Waals surface area (Å²) in [7, 11) is 4.02. The number of carboxylic acids is 1. The molecule has 0 unspecified atom stereocenters. The van der Waals surface area contributed by atoms with Crippen LogP contribution in [0.15, 0.2) is 12.7 Å². The molecule has 4 heteroatoms. The summed E-state index contributed by atoms with van der Waals surface area (Å²) >= 11 is 0. The van der Waals surface area contributed by atoms with Crippen molar-refractivity contribution in [1.29, 1.82) is 0 Å². The van der Waals surface area contributed by atoms with Crippen LogP contribution in [0.4, 0.5) is 0 Å². The van der Waals surface area contributed by atoms with Crippen LogP contribution in [0.5, 0.6) is 0 Å². The molecule has 0 rings (SSSR count). The molecule has 0 amide bonds. The van der Waals surface area contributed by atoms with Gasteiger partial charge in [-0.25, -0.2) is 0 Å². The van der Waals surface area contributed by atoms with Gasteiger partial charge in [-0.15, -0.1) is 6.58 Å². The monoisotopic (exact) mass is 200 g/mol. The second-order valence-electron chi connectivity index (χ2n) is 3.57. The number of nitrogens with zero attached hydrogens (tertiary/aromatic N) is 2. The molecule has 0 radical (unpaired) electrons. The molecule has 82 valence electrons. The maximum atomic E-state index is 10.5. The Labute approximate surface area is 85.8 Å². The van der Waals surface area contributed by atoms with E-state index in [1.54, 1.807) is 6.08 Å². The zero-order chi connectivity index (χ0) is 11.0. The molecular weight excluding hydrogens is 180 g/mol. The van der Waals surface area contributed by atoms with E-state index in [0.717, 1.165) is 19.5 Å². The average Bonchev–Trinajstić information content (AvgIpc) is 2.02. The lowest BCUT2D eigenvalue weighted by Crippen LogP contribution is -2.32. The summed E-state index contributed by atoms with van der Waals surface area (Å²) in [6, 6.07) is 0. The first-order chi connectivity index (χ1) is 6.56. The van der Waals surface area contributed by atoms with Crippen molar-refractivity contribution in [3.8, 4) is 0 Å². The van der Waals surface area contributed by atoms with E-state index in [1.807, 2.05) is 19.0 Å². The molecule has 0 aromatic carbocycles. The first kappa shape index (κ1) is 13.1. The topological polar surface area (TPSA) is 43.8 Å². The Bertz CT molecular complexity index is 181. The highest BCUT2D eigenvalue weighted by molar-refractivity contribution is 5.69. The molecule has 0 aliphatic carbocycles. The maximum absolute atomic E-state index is 10.5. The molecule has 0 atom stereocenters. The van der Waals surface area contributed by atoms with Crippen molar-refractivity contribution in [2.24, 2.45) is 0 Å². The summed E-state index contributed by atoms with van der Waals surface area (Å²) in [4.78, 5) is 14.5. The fourth-order valence-corrected chi connectivity index (χ4v) is 1.22. The van der Waals surface area contributed by atoms with E-state index in [9.17, 15) is 4.79 Å². The van der Waals surface area contributed by atoms with E-state index in [4.69, 9.17) is 5.11 Å². The highest BCUT2D eigenvalue weighted by Crippen LogP contribution is 1.93. The molecule has 0 aliphatic heterocycles. The minimum absolute atomic E-state index is 0.0967. The minimum atomic E-state index is -0.781. The third kappa shape index (κ3) is 7.76. The fourth-order valence-electron chi connectivity index (χ4n) is 1.22. The van der Waals surface area contributed by atoms with Crippen LogP contribution in [0.1, 0.15) is 6.42 Å². The Balaban J connectivity index is 3.72. The van der Waals surface area contributed by atoms with Gasteiger partial charge in [0, 0.05) is 13.1 Å². The molecule has 0 spiro atoms. The number of carboxylic acid groups (broad SMARTS) is 1. The van der Waals surface area contributed by atoms with Gasteiger partial charge in [-0.1, -0.05) is 6.08 Å². The maximum Gasteiger partial charge on any atom is 0.317 e. The lowest BCUT2D eigenvalue weighted by atomic mass is 10.3. The molecule has 0 saturated heterocycles. The molecule has 14 heavy (non-hydrogen) atoms. The Morgan fingerprint density at radius 1 is 1.43 bits per heavy atom. The van der Waals surface area contributed by atoms with Gasteiger partial charge in [0.05, 0.1) is 6.54 Å². The van der Waals surface area contributed by atoms with Gasteiger partial charge < -0.3 is 10.0 Å². The van der Waals surface area contributed by atoms with Gasteiger partial charge in [-0.05, 0) is 27.1 Å². The third-order valence-electron chi connectivity index (χ3n) is 1.83. The summed E-state index contributed by atoms with van der Waals surface area (Å²) in [5.41, 5.74) is 0. The summed E-state index contributed by atoms with van der Waals surface area (Å²) in [6.45, 7) is 6.12. The average molecular weight is 200 g/mol. The van der Waals surface area contributed by atoms with Crippen molar-refractivity contribution in [2.45, 2.75) is 6.42 Å². The van der Waals surface area contributed by atoms with Crippen molar-refractivity contribution < 1.29 is 9.90 Å². The predicted molar refractivity (Wildman–Crippen MR) is 57.4 cm³/mol. The van der Waals surface area contributed by atoms with Gasteiger partial charge in [0.2, 0.25) is 0 Å². The van der Waals surface area contributed by atoms with Crippen LogP contribution < -0.4 is 0 Å². The molecule has 0 aromatic heterocycles. The van der Waals surface area contributed by atoms with Crippen LogP contribution in [0.25, 0.3) is 0 Å². The van der Waals surface area contributed by atoms with Gasteiger partial charge in [-0.2, -0.15) is 0 Å². The van der Waals surface area contributed by atoms with Gasteiger partial charge >= 0.3 is 5.97 Å². The second kappa shape index (κ2) is 7.53. The van der Waals surface area contributed by atoms with Crippen molar-refractivity contribution in [3.63, 3.8) is 0 Å². The molecule has 0 bridgehead atoms. The smallest absolute Gasteiger partial charge is 0.317 e. The van der Waals surface area contributed by atoms with E-state index < -0.39 is 5.97 Å². The van der Waals surface area contributed by atoms with Gasteiger partial charge in [0.15, 0.2) is 0 Å². The molecule has 1 N–H and O–H groups in total. The zero-order valence-corrected chi connectivity index (χ0v) is 9.07. The highest BCUT2D eigenvalue weighted by atomic mass is 16.4. The molecule has 0 fully saturated rings. The van der Waals surface area contributed by atoms with E-state index >= 15 is 0 Å². The van der Waals surface area contributed by atoms with E-state index in [1.165, 1.54) is 0 Å². The Morgan fingerprint density at radius 3 is 2.50 bits per heavy atom. The molecule has 4 nitrogen and oxygen atoms in total. The molecule has 0 aromatic rings. The molecule has 0 heterocycles. The van der Waals surface area contributed by atoms with Gasteiger partial charge in [0.1, 0.15) is 0 Å². The summed E-state index contributed by atoms with van der Waals surface area (Å²) in [5, 5.41) is 8.63. The number of aliphatic carboxylic acids is 1. The SMILES string of the molecule is C=CCN(CCCN(C)C)CC(=O)O. The normalized spacial score (nSPS) is 10.9. The van der Waals surface area contributed by atoms with Gasteiger partial charge in [0.25, 0.3) is 0 Å². The molecule has 0 aliphatic rings. The van der Waals surface area contributed by atoms with Crippen LogP contribution >= 0.6 is 0 Å². The van der Waals surface area contributed by atoms with Crippen LogP contribution in [-0.4, -0.2) is 61.2 Å². The lowest BCUT2D eigenvalue weighted by Gasteiger charge is -2.19. The zero-order valence-electron chi connectivity index (χ0n) is 9.07. The predicted octanol–water partition coefficient (Wildman–Crippen LogP) is 0.511. The third-order valence-corrected chi connectivity index (χ3v) is 1.83. The van der Waals surface area contributed by atoms with Crippen LogP contribution in [-0.2, 0) is 4.79 Å². The lowest BCUT2D eigenvalue weighted by molar-refractivity contribution is -0.138. The standard InChI is InChI=1S/C10H20N2O2/c1-4-6-12(9-10(13)14)8-5-7-11(2)3/h4H,1,5-9H2,2-3H3,(H,13,14). The molecule has 0 saturated carbocycles. The quantitative estimate of drug-likeness (QED) is 0.580. The molecular formula is C10H20N2O2. The Kier molecular flexibility index (Phi) is 7.06. The van der Waals surface area contributed by atoms with Crippen LogP contribution in [0.2, 0.25) is 0 Å². The number of hydrogen-bond donors (Lipinski definition) is 1. The Hall–Kier alpha value is -0.870. The first-order valence-electron chi connectivity index (χ1n) is 4.76. The largest absolute Gasteiger partial charge is 0.480 e.